The van der Waals surface area contributed by atoms with Crippen molar-refractivity contribution in [3.05, 3.63) is 34.3 Å². The van der Waals surface area contributed by atoms with E-state index in [9.17, 15) is 0 Å². The highest BCUT2D eigenvalue weighted by molar-refractivity contribution is 7.11. The third-order valence-electron chi connectivity index (χ3n) is 2.65. The van der Waals surface area contributed by atoms with Gasteiger partial charge in [-0.2, -0.15) is 0 Å². The van der Waals surface area contributed by atoms with E-state index in [0.29, 0.717) is 0 Å². The van der Waals surface area contributed by atoms with Crippen LogP contribution in [0.3, 0.4) is 0 Å². The smallest absolute Gasteiger partial charge is 0.131 e. The van der Waals surface area contributed by atoms with E-state index < -0.39 is 0 Å². The van der Waals surface area contributed by atoms with Gasteiger partial charge in [0.1, 0.15) is 16.3 Å². The monoisotopic (exact) mass is 249 g/mol. The van der Waals surface area contributed by atoms with Crippen LogP contribution in [-0.4, -0.2) is 32.1 Å². The Labute approximate surface area is 105 Å². The summed E-state index contributed by atoms with van der Waals surface area (Å²) in [6, 6.07) is 2.18. The summed E-state index contributed by atoms with van der Waals surface area (Å²) < 4.78 is 0. The minimum atomic E-state index is 0.238. The fraction of sp³-hybridized carbons (Fsp3) is 0.455. The summed E-state index contributed by atoms with van der Waals surface area (Å²) in [6.45, 7) is 4.88. The van der Waals surface area contributed by atoms with Crippen LogP contribution in [0, 0.1) is 6.92 Å². The van der Waals surface area contributed by atoms with Crippen molar-refractivity contribution in [3.8, 4) is 0 Å². The number of aromatic nitrogens is 4. The van der Waals surface area contributed by atoms with Crippen molar-refractivity contribution in [1.82, 2.24) is 25.1 Å². The Morgan fingerprint density at radius 2 is 2.24 bits per heavy atom. The fourth-order valence-electron chi connectivity index (χ4n) is 1.53. The molecule has 0 aromatic carbocycles. The summed E-state index contributed by atoms with van der Waals surface area (Å²) in [5.41, 5.74) is 1.02. The first-order valence-corrected chi connectivity index (χ1v) is 6.23. The van der Waals surface area contributed by atoms with Crippen LogP contribution in [-0.2, 0) is 6.54 Å². The molecule has 0 aliphatic carbocycles. The van der Waals surface area contributed by atoms with Gasteiger partial charge in [-0.05, 0) is 27.0 Å². The first kappa shape index (κ1) is 12.1. The number of rotatable bonds is 4. The molecule has 90 valence electrons. The van der Waals surface area contributed by atoms with Gasteiger partial charge in [0.15, 0.2) is 0 Å². The number of aryl methyl sites for hydroxylation is 1. The van der Waals surface area contributed by atoms with E-state index in [1.807, 2.05) is 13.0 Å². The maximum absolute atomic E-state index is 4.26. The SMILES string of the molecule is Cc1nnc(CN(C)[C@@H](C)c2ccncn2)s1. The largest absolute Gasteiger partial charge is 0.291 e. The molecular weight excluding hydrogens is 234 g/mol. The second kappa shape index (κ2) is 5.29. The molecule has 0 spiro atoms. The van der Waals surface area contributed by atoms with Crippen LogP contribution in [0.25, 0.3) is 0 Å². The van der Waals surface area contributed by atoms with E-state index in [4.69, 9.17) is 0 Å². The molecule has 0 aliphatic rings. The van der Waals surface area contributed by atoms with E-state index in [-0.39, 0.29) is 6.04 Å². The van der Waals surface area contributed by atoms with Gasteiger partial charge >= 0.3 is 0 Å². The molecule has 1 atom stereocenters. The summed E-state index contributed by atoms with van der Waals surface area (Å²) in [4.78, 5) is 10.4. The second-order valence-electron chi connectivity index (χ2n) is 3.94. The van der Waals surface area contributed by atoms with Gasteiger partial charge in [0.2, 0.25) is 0 Å². The topological polar surface area (TPSA) is 54.8 Å². The summed E-state index contributed by atoms with van der Waals surface area (Å²) >= 11 is 1.63. The molecule has 17 heavy (non-hydrogen) atoms. The van der Waals surface area contributed by atoms with Crippen molar-refractivity contribution in [2.75, 3.05) is 7.05 Å². The second-order valence-corrected chi connectivity index (χ2v) is 5.21. The van der Waals surface area contributed by atoms with Gasteiger partial charge in [0.05, 0.1) is 12.2 Å². The van der Waals surface area contributed by atoms with Crippen LogP contribution in [0.2, 0.25) is 0 Å². The Hall–Kier alpha value is -1.40. The van der Waals surface area contributed by atoms with E-state index in [1.54, 1.807) is 23.9 Å². The summed E-state index contributed by atoms with van der Waals surface area (Å²) in [7, 11) is 2.06. The highest BCUT2D eigenvalue weighted by Crippen LogP contribution is 2.19. The molecule has 2 heterocycles. The third-order valence-corrected chi connectivity index (χ3v) is 3.47. The van der Waals surface area contributed by atoms with E-state index in [2.05, 4.69) is 39.0 Å². The van der Waals surface area contributed by atoms with Gasteiger partial charge in [-0.15, -0.1) is 21.5 Å². The van der Waals surface area contributed by atoms with Crippen molar-refractivity contribution in [2.24, 2.45) is 0 Å². The normalized spacial score (nSPS) is 12.9. The molecule has 0 bridgehead atoms. The Morgan fingerprint density at radius 3 is 2.82 bits per heavy atom. The van der Waals surface area contributed by atoms with E-state index in [0.717, 1.165) is 22.3 Å². The lowest BCUT2D eigenvalue weighted by Crippen LogP contribution is -2.22. The Balaban J connectivity index is 2.03. The molecule has 0 N–H and O–H groups in total. The molecule has 2 aromatic rings. The zero-order valence-corrected chi connectivity index (χ0v) is 11.0. The molecule has 0 radical (unpaired) electrons. The molecule has 0 fully saturated rings. The predicted molar refractivity (Wildman–Crippen MR) is 66.6 cm³/mol. The van der Waals surface area contributed by atoms with Crippen molar-refractivity contribution in [2.45, 2.75) is 26.4 Å². The molecule has 6 heteroatoms. The lowest BCUT2D eigenvalue weighted by Gasteiger charge is -2.22. The summed E-state index contributed by atoms with van der Waals surface area (Å²) in [6.07, 6.45) is 3.34. The molecule has 0 unspecified atom stereocenters. The Kier molecular flexibility index (Phi) is 3.75. The molecule has 0 saturated carbocycles. The van der Waals surface area contributed by atoms with Gasteiger partial charge in [-0.25, -0.2) is 9.97 Å². The first-order valence-electron chi connectivity index (χ1n) is 5.42. The minimum absolute atomic E-state index is 0.238. The zero-order chi connectivity index (χ0) is 12.3. The highest BCUT2D eigenvalue weighted by atomic mass is 32.1. The van der Waals surface area contributed by atoms with Gasteiger partial charge in [0.25, 0.3) is 0 Å². The van der Waals surface area contributed by atoms with E-state index >= 15 is 0 Å². The van der Waals surface area contributed by atoms with Crippen molar-refractivity contribution in [1.29, 1.82) is 0 Å². The fourth-order valence-corrected chi connectivity index (χ4v) is 2.30. The number of hydrogen-bond donors (Lipinski definition) is 0. The number of hydrogen-bond acceptors (Lipinski definition) is 6. The molecule has 0 amide bonds. The average Bonchev–Trinajstić information content (AvgIpc) is 2.75. The van der Waals surface area contributed by atoms with Crippen molar-refractivity contribution in [3.63, 3.8) is 0 Å². The lowest BCUT2D eigenvalue weighted by molar-refractivity contribution is 0.247. The van der Waals surface area contributed by atoms with Gasteiger partial charge in [0, 0.05) is 12.2 Å². The van der Waals surface area contributed by atoms with Crippen LogP contribution in [0.4, 0.5) is 0 Å². The highest BCUT2D eigenvalue weighted by Gasteiger charge is 2.14. The molecule has 0 aliphatic heterocycles. The van der Waals surface area contributed by atoms with E-state index in [1.165, 1.54) is 0 Å². The average molecular weight is 249 g/mol. The number of nitrogens with zero attached hydrogens (tertiary/aromatic N) is 5. The predicted octanol–water partition coefficient (Wildman–Crippen LogP) is 1.83. The third kappa shape index (κ3) is 3.04. The van der Waals surface area contributed by atoms with Crippen molar-refractivity contribution >= 4 is 11.3 Å². The van der Waals surface area contributed by atoms with Gasteiger partial charge in [-0.1, -0.05) is 0 Å². The summed E-state index contributed by atoms with van der Waals surface area (Å²) in [5, 5.41) is 10.2. The quantitative estimate of drug-likeness (QED) is 0.827. The lowest BCUT2D eigenvalue weighted by atomic mass is 10.2. The standard InChI is InChI=1S/C11H15N5S/c1-8(10-4-5-12-7-13-10)16(3)6-11-15-14-9(2)17-11/h4-5,7-8H,6H2,1-3H3/t8-/m0/s1. The van der Waals surface area contributed by atoms with Crippen molar-refractivity contribution < 1.29 is 0 Å². The molecule has 2 aromatic heterocycles. The minimum Gasteiger partial charge on any atom is -0.291 e. The van der Waals surface area contributed by atoms with Gasteiger partial charge in [-0.3, -0.25) is 4.90 Å². The van der Waals surface area contributed by atoms with Crippen LogP contribution in [0.1, 0.15) is 28.7 Å². The van der Waals surface area contributed by atoms with Crippen LogP contribution in [0.5, 0.6) is 0 Å². The molecule has 0 saturated heterocycles. The maximum atomic E-state index is 4.26. The molecular formula is C11H15N5S. The van der Waals surface area contributed by atoms with Gasteiger partial charge < -0.3 is 0 Å². The Morgan fingerprint density at radius 1 is 1.41 bits per heavy atom. The van der Waals surface area contributed by atoms with Crippen LogP contribution in [0.15, 0.2) is 18.6 Å². The Bertz CT molecular complexity index is 470. The van der Waals surface area contributed by atoms with Crippen LogP contribution >= 0.6 is 11.3 Å². The zero-order valence-electron chi connectivity index (χ0n) is 10.2. The first-order chi connectivity index (χ1) is 8.16. The molecule has 2 rings (SSSR count). The molecule has 5 nitrogen and oxygen atoms in total. The maximum Gasteiger partial charge on any atom is 0.131 e. The summed E-state index contributed by atoms with van der Waals surface area (Å²) in [5.74, 6) is 0. The van der Waals surface area contributed by atoms with Crippen LogP contribution < -0.4 is 0 Å².